The number of nitrogens with two attached hydrogens (primary N) is 1. The molecule has 0 aromatic heterocycles. The molecule has 0 bridgehead atoms. The standard InChI is InChI=1S/C15H18N2O2S/c1-11-6-8-13(9-7-11)12(2)17-14-4-3-5-15(10-14)20(16,18)19/h3-10,12,17H,1-2H3,(H2,16,18,19). The number of sulfonamides is 1. The first-order valence-corrected chi connectivity index (χ1v) is 7.87. The van der Waals surface area contributed by atoms with Crippen LogP contribution in [0, 0.1) is 6.92 Å². The number of aryl methyl sites for hydroxylation is 1. The van der Waals surface area contributed by atoms with E-state index in [0.717, 1.165) is 11.3 Å². The van der Waals surface area contributed by atoms with Gasteiger partial charge in [-0.25, -0.2) is 13.6 Å². The van der Waals surface area contributed by atoms with Crippen LogP contribution in [0.5, 0.6) is 0 Å². The van der Waals surface area contributed by atoms with Crippen molar-refractivity contribution in [2.24, 2.45) is 5.14 Å². The van der Waals surface area contributed by atoms with Crippen molar-refractivity contribution in [3.8, 4) is 0 Å². The summed E-state index contributed by atoms with van der Waals surface area (Å²) in [5.74, 6) is 0. The van der Waals surface area contributed by atoms with Crippen LogP contribution in [0.2, 0.25) is 0 Å². The average Bonchev–Trinajstić information content (AvgIpc) is 2.38. The van der Waals surface area contributed by atoms with E-state index in [1.54, 1.807) is 12.1 Å². The van der Waals surface area contributed by atoms with Gasteiger partial charge < -0.3 is 5.32 Å². The van der Waals surface area contributed by atoms with E-state index in [-0.39, 0.29) is 10.9 Å². The van der Waals surface area contributed by atoms with E-state index < -0.39 is 10.0 Å². The first kappa shape index (κ1) is 14.6. The number of hydrogen-bond acceptors (Lipinski definition) is 3. The summed E-state index contributed by atoms with van der Waals surface area (Å²) < 4.78 is 22.7. The molecule has 3 N–H and O–H groups in total. The summed E-state index contributed by atoms with van der Waals surface area (Å²) in [6.45, 7) is 4.06. The lowest BCUT2D eigenvalue weighted by Gasteiger charge is -2.16. The van der Waals surface area contributed by atoms with Crippen molar-refractivity contribution in [1.29, 1.82) is 0 Å². The van der Waals surface area contributed by atoms with E-state index in [9.17, 15) is 8.42 Å². The summed E-state index contributed by atoms with van der Waals surface area (Å²) in [6.07, 6.45) is 0. The summed E-state index contributed by atoms with van der Waals surface area (Å²) >= 11 is 0. The van der Waals surface area contributed by atoms with Crippen molar-refractivity contribution in [3.05, 3.63) is 59.7 Å². The Labute approximate surface area is 119 Å². The zero-order valence-corrected chi connectivity index (χ0v) is 12.3. The Hall–Kier alpha value is -1.85. The number of anilines is 1. The van der Waals surface area contributed by atoms with E-state index in [4.69, 9.17) is 5.14 Å². The number of benzene rings is 2. The summed E-state index contributed by atoms with van der Waals surface area (Å²) in [5.41, 5.74) is 3.07. The second kappa shape index (κ2) is 5.64. The molecule has 0 aliphatic rings. The molecule has 0 aliphatic carbocycles. The van der Waals surface area contributed by atoms with Crippen LogP contribution in [0.25, 0.3) is 0 Å². The predicted octanol–water partition coefficient (Wildman–Crippen LogP) is 2.82. The SMILES string of the molecule is Cc1ccc(C(C)Nc2cccc(S(N)(=O)=O)c2)cc1. The molecule has 0 aliphatic heterocycles. The molecule has 0 saturated carbocycles. The minimum atomic E-state index is -3.67. The highest BCUT2D eigenvalue weighted by Crippen LogP contribution is 2.21. The van der Waals surface area contributed by atoms with Crippen LogP contribution in [0.1, 0.15) is 24.1 Å². The van der Waals surface area contributed by atoms with Crippen molar-refractivity contribution >= 4 is 15.7 Å². The molecule has 2 rings (SSSR count). The second-order valence-electron chi connectivity index (χ2n) is 4.85. The van der Waals surface area contributed by atoms with Crippen molar-refractivity contribution in [2.45, 2.75) is 24.8 Å². The minimum Gasteiger partial charge on any atom is -0.378 e. The molecule has 1 unspecified atom stereocenters. The third-order valence-corrected chi connectivity index (χ3v) is 4.03. The van der Waals surface area contributed by atoms with Gasteiger partial charge in [-0.1, -0.05) is 35.9 Å². The zero-order chi connectivity index (χ0) is 14.8. The molecule has 2 aromatic rings. The lowest BCUT2D eigenvalue weighted by atomic mass is 10.1. The molecule has 2 aromatic carbocycles. The Morgan fingerprint density at radius 3 is 2.35 bits per heavy atom. The van der Waals surface area contributed by atoms with Crippen molar-refractivity contribution in [1.82, 2.24) is 0 Å². The summed E-state index contributed by atoms with van der Waals surface area (Å²) in [7, 11) is -3.67. The molecule has 0 fully saturated rings. The molecule has 0 radical (unpaired) electrons. The van der Waals surface area contributed by atoms with Gasteiger partial charge >= 0.3 is 0 Å². The first-order valence-electron chi connectivity index (χ1n) is 6.32. The molecule has 20 heavy (non-hydrogen) atoms. The number of hydrogen-bond donors (Lipinski definition) is 2. The van der Waals surface area contributed by atoms with Crippen LogP contribution in [0.3, 0.4) is 0 Å². The van der Waals surface area contributed by atoms with Gasteiger partial charge in [0.05, 0.1) is 4.90 Å². The minimum absolute atomic E-state index is 0.0753. The maximum atomic E-state index is 11.3. The van der Waals surface area contributed by atoms with Crippen LogP contribution in [0.15, 0.2) is 53.4 Å². The van der Waals surface area contributed by atoms with Crippen LogP contribution in [-0.2, 0) is 10.0 Å². The molecule has 0 saturated heterocycles. The molecule has 0 amide bonds. The van der Waals surface area contributed by atoms with Crippen molar-refractivity contribution in [2.75, 3.05) is 5.32 Å². The smallest absolute Gasteiger partial charge is 0.238 e. The average molecular weight is 290 g/mol. The number of rotatable bonds is 4. The van der Waals surface area contributed by atoms with Gasteiger partial charge in [0, 0.05) is 11.7 Å². The monoisotopic (exact) mass is 290 g/mol. The Balaban J connectivity index is 2.20. The Morgan fingerprint density at radius 1 is 1.10 bits per heavy atom. The van der Waals surface area contributed by atoms with Crippen LogP contribution in [-0.4, -0.2) is 8.42 Å². The lowest BCUT2D eigenvalue weighted by Crippen LogP contribution is -2.13. The van der Waals surface area contributed by atoms with Gasteiger partial charge in [0.1, 0.15) is 0 Å². The second-order valence-corrected chi connectivity index (χ2v) is 6.41. The van der Waals surface area contributed by atoms with Crippen LogP contribution >= 0.6 is 0 Å². The number of primary sulfonamides is 1. The van der Waals surface area contributed by atoms with Gasteiger partial charge in [0.15, 0.2) is 0 Å². The third kappa shape index (κ3) is 3.59. The fourth-order valence-electron chi connectivity index (χ4n) is 1.95. The van der Waals surface area contributed by atoms with Gasteiger partial charge in [0.2, 0.25) is 10.0 Å². The summed E-state index contributed by atoms with van der Waals surface area (Å²) in [5, 5.41) is 8.40. The largest absolute Gasteiger partial charge is 0.378 e. The molecule has 5 heteroatoms. The fraction of sp³-hybridized carbons (Fsp3) is 0.200. The molecular weight excluding hydrogens is 272 g/mol. The molecular formula is C15H18N2O2S. The van der Waals surface area contributed by atoms with E-state index in [1.165, 1.54) is 11.6 Å². The molecule has 0 spiro atoms. The predicted molar refractivity (Wildman–Crippen MR) is 81.0 cm³/mol. The topological polar surface area (TPSA) is 72.2 Å². The quantitative estimate of drug-likeness (QED) is 0.909. The van der Waals surface area contributed by atoms with Crippen molar-refractivity contribution in [3.63, 3.8) is 0 Å². The normalized spacial score (nSPS) is 12.9. The molecule has 0 heterocycles. The van der Waals surface area contributed by atoms with Crippen LogP contribution in [0.4, 0.5) is 5.69 Å². The first-order chi connectivity index (χ1) is 9.36. The molecule has 1 atom stereocenters. The highest BCUT2D eigenvalue weighted by molar-refractivity contribution is 7.89. The zero-order valence-electron chi connectivity index (χ0n) is 11.5. The maximum absolute atomic E-state index is 11.3. The molecule has 106 valence electrons. The Morgan fingerprint density at radius 2 is 1.75 bits per heavy atom. The van der Waals surface area contributed by atoms with Gasteiger partial charge in [-0.05, 0) is 37.6 Å². The highest BCUT2D eigenvalue weighted by atomic mass is 32.2. The van der Waals surface area contributed by atoms with Gasteiger partial charge in [0.25, 0.3) is 0 Å². The fourth-order valence-corrected chi connectivity index (χ4v) is 2.51. The van der Waals surface area contributed by atoms with Gasteiger partial charge in [-0.15, -0.1) is 0 Å². The lowest BCUT2D eigenvalue weighted by molar-refractivity contribution is 0.598. The van der Waals surface area contributed by atoms with E-state index in [1.807, 2.05) is 32.0 Å². The molecule has 4 nitrogen and oxygen atoms in total. The summed E-state index contributed by atoms with van der Waals surface area (Å²) in [6, 6.07) is 14.8. The van der Waals surface area contributed by atoms with E-state index >= 15 is 0 Å². The maximum Gasteiger partial charge on any atom is 0.238 e. The van der Waals surface area contributed by atoms with Gasteiger partial charge in [-0.3, -0.25) is 0 Å². The van der Waals surface area contributed by atoms with E-state index in [0.29, 0.717) is 0 Å². The third-order valence-electron chi connectivity index (χ3n) is 3.12. The van der Waals surface area contributed by atoms with E-state index in [2.05, 4.69) is 17.4 Å². The van der Waals surface area contributed by atoms with Crippen LogP contribution < -0.4 is 10.5 Å². The van der Waals surface area contributed by atoms with Crippen molar-refractivity contribution < 1.29 is 8.42 Å². The van der Waals surface area contributed by atoms with Gasteiger partial charge in [-0.2, -0.15) is 0 Å². The highest BCUT2D eigenvalue weighted by Gasteiger charge is 2.10. The Kier molecular flexibility index (Phi) is 4.11. The summed E-state index contributed by atoms with van der Waals surface area (Å²) in [4.78, 5) is 0.110. The number of nitrogens with one attached hydrogen (secondary N) is 1. The Bertz CT molecular complexity index is 694.